The molecule has 1 atom stereocenters. The van der Waals surface area contributed by atoms with E-state index in [9.17, 15) is 15.4 Å². The number of benzene rings is 2. The lowest BCUT2D eigenvalue weighted by Crippen LogP contribution is -2.20. The number of anilines is 1. The molecular weight excluding hydrogens is 344 g/mol. The van der Waals surface area contributed by atoms with Crippen molar-refractivity contribution in [2.45, 2.75) is 12.3 Å². The molecule has 2 aromatic carbocycles. The van der Waals surface area contributed by atoms with Crippen LogP contribution in [0.2, 0.25) is 0 Å². The van der Waals surface area contributed by atoms with Crippen LogP contribution < -0.4 is 4.90 Å². The van der Waals surface area contributed by atoms with Gasteiger partial charge in [-0.3, -0.25) is 10.1 Å². The van der Waals surface area contributed by atoms with Crippen LogP contribution in [0.3, 0.4) is 0 Å². The minimum absolute atomic E-state index is 0.0461. The average Bonchev–Trinajstić information content (AvgIpc) is 3.35. The number of rotatable bonds is 4. The largest absolute Gasteiger partial charge is 0.352 e. The molecule has 0 spiro atoms. The highest BCUT2D eigenvalue weighted by Crippen LogP contribution is 2.31. The van der Waals surface area contributed by atoms with Crippen molar-refractivity contribution in [2.24, 2.45) is 0 Å². The van der Waals surface area contributed by atoms with Crippen molar-refractivity contribution >= 4 is 11.5 Å². The van der Waals surface area contributed by atoms with Gasteiger partial charge in [0.1, 0.15) is 6.07 Å². The zero-order valence-corrected chi connectivity index (χ0v) is 14.4. The molecule has 27 heavy (non-hydrogen) atoms. The van der Waals surface area contributed by atoms with Crippen LogP contribution in [-0.4, -0.2) is 33.0 Å². The van der Waals surface area contributed by atoms with E-state index in [1.807, 2.05) is 18.2 Å². The maximum atomic E-state index is 11.0. The van der Waals surface area contributed by atoms with Gasteiger partial charge < -0.3 is 4.90 Å². The van der Waals surface area contributed by atoms with Crippen LogP contribution in [0, 0.1) is 21.4 Å². The van der Waals surface area contributed by atoms with Gasteiger partial charge in [0.25, 0.3) is 5.69 Å². The Labute approximate surface area is 155 Å². The van der Waals surface area contributed by atoms with Gasteiger partial charge in [-0.25, -0.2) is 0 Å². The molecule has 1 unspecified atom stereocenters. The van der Waals surface area contributed by atoms with Gasteiger partial charge in [-0.05, 0) is 18.1 Å². The third kappa shape index (κ3) is 3.22. The molecule has 8 nitrogen and oxygen atoms in total. The summed E-state index contributed by atoms with van der Waals surface area (Å²) in [6.45, 7) is 1.54. The van der Waals surface area contributed by atoms with Crippen LogP contribution in [0.25, 0.3) is 5.69 Å². The summed E-state index contributed by atoms with van der Waals surface area (Å²) in [4.78, 5) is 13.9. The molecule has 0 aliphatic carbocycles. The Balaban J connectivity index is 1.62. The molecule has 3 aromatic rings. The molecule has 0 amide bonds. The molecule has 1 aromatic heterocycles. The van der Waals surface area contributed by atoms with Crippen LogP contribution in [0.4, 0.5) is 11.5 Å². The first-order valence-electron chi connectivity index (χ1n) is 8.58. The SMILES string of the molecule is N#Cc1nn(-c2cccc([N+](=O)[O-])c2)nc1N1CCC(c2ccccc2)C1. The van der Waals surface area contributed by atoms with Gasteiger partial charge in [-0.2, -0.15) is 5.26 Å². The lowest BCUT2D eigenvalue weighted by molar-refractivity contribution is -0.384. The van der Waals surface area contributed by atoms with Gasteiger partial charge in [0, 0.05) is 31.1 Å². The van der Waals surface area contributed by atoms with Gasteiger partial charge in [0.15, 0.2) is 5.82 Å². The minimum Gasteiger partial charge on any atom is -0.352 e. The first kappa shape index (κ1) is 16.7. The van der Waals surface area contributed by atoms with Gasteiger partial charge >= 0.3 is 0 Å². The molecule has 1 saturated heterocycles. The first-order chi connectivity index (χ1) is 13.2. The van der Waals surface area contributed by atoms with Crippen LogP contribution >= 0.6 is 0 Å². The Bertz CT molecular complexity index is 1020. The van der Waals surface area contributed by atoms with Crippen molar-refractivity contribution in [3.05, 3.63) is 76.0 Å². The quantitative estimate of drug-likeness (QED) is 0.523. The topological polar surface area (TPSA) is 101 Å². The van der Waals surface area contributed by atoms with Crippen LogP contribution in [-0.2, 0) is 0 Å². The van der Waals surface area contributed by atoms with Crippen LogP contribution in [0.5, 0.6) is 0 Å². The number of nitro groups is 1. The summed E-state index contributed by atoms with van der Waals surface area (Å²) in [7, 11) is 0. The zero-order valence-electron chi connectivity index (χ0n) is 14.4. The highest BCUT2D eigenvalue weighted by molar-refractivity contribution is 5.52. The van der Waals surface area contributed by atoms with Crippen molar-refractivity contribution in [3.63, 3.8) is 0 Å². The number of hydrogen-bond donors (Lipinski definition) is 0. The monoisotopic (exact) mass is 360 g/mol. The summed E-state index contributed by atoms with van der Waals surface area (Å²) in [5, 5.41) is 29.1. The maximum Gasteiger partial charge on any atom is 0.271 e. The second kappa shape index (κ2) is 6.88. The number of aromatic nitrogens is 3. The molecule has 0 radical (unpaired) electrons. The summed E-state index contributed by atoms with van der Waals surface area (Å²) >= 11 is 0. The zero-order chi connectivity index (χ0) is 18.8. The van der Waals surface area contributed by atoms with Crippen molar-refractivity contribution in [3.8, 4) is 11.8 Å². The van der Waals surface area contributed by atoms with Gasteiger partial charge in [0.2, 0.25) is 5.69 Å². The number of non-ortho nitro benzene ring substituents is 1. The lowest BCUT2D eigenvalue weighted by atomic mass is 9.99. The van der Waals surface area contributed by atoms with E-state index in [1.54, 1.807) is 12.1 Å². The fraction of sp³-hybridized carbons (Fsp3) is 0.211. The molecule has 0 bridgehead atoms. The Morgan fingerprint density at radius 1 is 1.15 bits per heavy atom. The van der Waals surface area contributed by atoms with Gasteiger partial charge in [0.05, 0.1) is 10.6 Å². The molecule has 2 heterocycles. The average molecular weight is 360 g/mol. The van der Waals surface area contributed by atoms with Gasteiger partial charge in [-0.15, -0.1) is 15.0 Å². The molecule has 0 N–H and O–H groups in total. The third-order valence-electron chi connectivity index (χ3n) is 4.73. The molecule has 1 aliphatic heterocycles. The fourth-order valence-corrected chi connectivity index (χ4v) is 3.38. The van der Waals surface area contributed by atoms with E-state index in [1.165, 1.54) is 22.5 Å². The van der Waals surface area contributed by atoms with E-state index in [0.29, 0.717) is 17.4 Å². The molecule has 4 rings (SSSR count). The molecular formula is C19H16N6O2. The predicted molar refractivity (Wildman–Crippen MR) is 98.7 cm³/mol. The van der Waals surface area contributed by atoms with E-state index in [2.05, 4.69) is 33.3 Å². The molecule has 0 saturated carbocycles. The summed E-state index contributed by atoms with van der Waals surface area (Å²) in [5.74, 6) is 0.892. The van der Waals surface area contributed by atoms with Crippen molar-refractivity contribution in [1.82, 2.24) is 15.0 Å². The smallest absolute Gasteiger partial charge is 0.271 e. The highest BCUT2D eigenvalue weighted by atomic mass is 16.6. The first-order valence-corrected chi connectivity index (χ1v) is 8.58. The van der Waals surface area contributed by atoms with Crippen molar-refractivity contribution in [1.29, 1.82) is 5.26 Å². The summed E-state index contributed by atoms with van der Waals surface area (Å²) < 4.78 is 0. The third-order valence-corrected chi connectivity index (χ3v) is 4.73. The Kier molecular flexibility index (Phi) is 4.26. The van der Waals surface area contributed by atoms with E-state index < -0.39 is 4.92 Å². The lowest BCUT2D eigenvalue weighted by Gasteiger charge is -2.15. The predicted octanol–water partition coefficient (Wildman–Crippen LogP) is 3.04. The van der Waals surface area contributed by atoms with E-state index >= 15 is 0 Å². The summed E-state index contributed by atoms with van der Waals surface area (Å²) in [6, 6.07) is 18.4. The normalized spacial score (nSPS) is 16.3. The number of hydrogen-bond acceptors (Lipinski definition) is 6. The van der Waals surface area contributed by atoms with E-state index in [-0.39, 0.29) is 11.4 Å². The molecule has 134 valence electrons. The Morgan fingerprint density at radius 3 is 2.70 bits per heavy atom. The van der Waals surface area contributed by atoms with Crippen LogP contribution in [0.1, 0.15) is 23.6 Å². The van der Waals surface area contributed by atoms with E-state index in [0.717, 1.165) is 19.5 Å². The van der Waals surface area contributed by atoms with Gasteiger partial charge in [-0.1, -0.05) is 36.4 Å². The highest BCUT2D eigenvalue weighted by Gasteiger charge is 2.28. The summed E-state index contributed by atoms with van der Waals surface area (Å²) in [6.07, 6.45) is 0.971. The number of nitro benzene ring substituents is 1. The minimum atomic E-state index is -0.468. The Hall–Kier alpha value is -3.73. The molecule has 8 heteroatoms. The van der Waals surface area contributed by atoms with Crippen molar-refractivity contribution in [2.75, 3.05) is 18.0 Å². The molecule has 1 aliphatic rings. The second-order valence-electron chi connectivity index (χ2n) is 6.39. The second-order valence-corrected chi connectivity index (χ2v) is 6.39. The van der Waals surface area contributed by atoms with Crippen LogP contribution in [0.15, 0.2) is 54.6 Å². The summed E-state index contributed by atoms with van der Waals surface area (Å²) in [5.41, 5.74) is 1.89. The standard InChI is InChI=1S/C19H16N6O2/c20-12-18-19(23-10-9-15(13-23)14-5-2-1-3-6-14)22-24(21-18)16-7-4-8-17(11-16)25(26)27/h1-8,11,15H,9-10,13H2. The fourth-order valence-electron chi connectivity index (χ4n) is 3.38. The number of nitriles is 1. The maximum absolute atomic E-state index is 11.0. The van der Waals surface area contributed by atoms with Crippen molar-refractivity contribution < 1.29 is 4.92 Å². The van der Waals surface area contributed by atoms with E-state index in [4.69, 9.17) is 0 Å². The Morgan fingerprint density at radius 2 is 1.96 bits per heavy atom. The number of nitrogens with zero attached hydrogens (tertiary/aromatic N) is 6. The molecule has 1 fully saturated rings.